The van der Waals surface area contributed by atoms with Crippen molar-refractivity contribution >= 4 is 16.8 Å². The summed E-state index contributed by atoms with van der Waals surface area (Å²) in [6.45, 7) is 6.76. The molecule has 31 heavy (non-hydrogen) atoms. The molecule has 0 aliphatic carbocycles. The average molecular weight is 414 g/mol. The van der Waals surface area contributed by atoms with Crippen LogP contribution in [0.4, 0.5) is 0 Å². The number of ketones is 1. The fourth-order valence-corrected chi connectivity index (χ4v) is 3.91. The minimum Gasteiger partial charge on any atom is -0.488 e. The molecule has 2 aromatic carbocycles. The molecule has 0 fully saturated rings. The third-order valence-electron chi connectivity index (χ3n) is 5.60. The molecule has 0 bridgehead atoms. The summed E-state index contributed by atoms with van der Waals surface area (Å²) < 4.78 is 8.06. The molecule has 158 valence electrons. The van der Waals surface area contributed by atoms with Crippen molar-refractivity contribution < 1.29 is 9.53 Å². The first-order valence-corrected chi connectivity index (χ1v) is 10.5. The predicted molar refractivity (Wildman–Crippen MR) is 123 cm³/mol. The zero-order valence-corrected chi connectivity index (χ0v) is 18.4. The molecule has 4 rings (SSSR count). The minimum absolute atomic E-state index is 0.00573. The Bertz CT molecular complexity index is 1230. The molecule has 2 heterocycles. The normalized spacial score (nSPS) is 11.3. The zero-order valence-electron chi connectivity index (χ0n) is 18.4. The van der Waals surface area contributed by atoms with Gasteiger partial charge in [-0.15, -0.1) is 0 Å². The lowest BCUT2D eigenvalue weighted by atomic mass is 9.92. The second kappa shape index (κ2) is 8.72. The van der Waals surface area contributed by atoms with Gasteiger partial charge in [-0.1, -0.05) is 44.2 Å². The molecule has 2 aromatic heterocycles. The highest BCUT2D eigenvalue weighted by atomic mass is 16.5. The highest BCUT2D eigenvalue weighted by Gasteiger charge is 2.19. The van der Waals surface area contributed by atoms with Gasteiger partial charge in [0.05, 0.1) is 17.7 Å². The van der Waals surface area contributed by atoms with E-state index in [1.807, 2.05) is 66.3 Å². The molecule has 0 atom stereocenters. The van der Waals surface area contributed by atoms with Crippen molar-refractivity contribution in [2.45, 2.75) is 39.7 Å². The number of benzene rings is 2. The van der Waals surface area contributed by atoms with Gasteiger partial charge >= 0.3 is 0 Å². The molecule has 5 heteroatoms. The number of carbonyl (C=O) groups excluding carboxylic acids is 1. The molecular formula is C26H27N3O2. The average Bonchev–Trinajstić information content (AvgIpc) is 3.14. The molecular weight excluding hydrogens is 386 g/mol. The number of hydrogen-bond acceptors (Lipinski definition) is 4. The fourth-order valence-electron chi connectivity index (χ4n) is 3.91. The second-order valence-corrected chi connectivity index (χ2v) is 8.22. The number of aryl methyl sites for hydroxylation is 2. The summed E-state index contributed by atoms with van der Waals surface area (Å²) in [5.41, 5.74) is 5.51. The summed E-state index contributed by atoms with van der Waals surface area (Å²) >= 11 is 0. The molecule has 0 saturated carbocycles. The number of carbonyl (C=O) groups is 1. The van der Waals surface area contributed by atoms with Gasteiger partial charge in [-0.2, -0.15) is 0 Å². The van der Waals surface area contributed by atoms with Crippen molar-refractivity contribution in [3.63, 3.8) is 0 Å². The molecule has 5 nitrogen and oxygen atoms in total. The van der Waals surface area contributed by atoms with E-state index in [2.05, 4.69) is 30.7 Å². The SMILES string of the molecule is Cc1cc(OCc2ccccc2)c(C(=O)Cc2ncnc3c2ccn3C)cc1C(C)C. The van der Waals surface area contributed by atoms with E-state index in [0.717, 1.165) is 33.4 Å². The first kappa shape index (κ1) is 20.8. The first-order valence-electron chi connectivity index (χ1n) is 10.5. The van der Waals surface area contributed by atoms with Gasteiger partial charge in [0.1, 0.15) is 24.3 Å². The van der Waals surface area contributed by atoms with E-state index >= 15 is 0 Å². The van der Waals surface area contributed by atoms with Crippen molar-refractivity contribution in [1.82, 2.24) is 14.5 Å². The van der Waals surface area contributed by atoms with E-state index in [-0.39, 0.29) is 12.2 Å². The van der Waals surface area contributed by atoms with Crippen LogP contribution in [0.2, 0.25) is 0 Å². The van der Waals surface area contributed by atoms with Crippen LogP contribution in [0.1, 0.15) is 52.5 Å². The lowest BCUT2D eigenvalue weighted by Gasteiger charge is -2.17. The quantitative estimate of drug-likeness (QED) is 0.381. The van der Waals surface area contributed by atoms with Crippen LogP contribution < -0.4 is 4.74 Å². The minimum atomic E-state index is -0.00573. The van der Waals surface area contributed by atoms with Gasteiger partial charge < -0.3 is 9.30 Å². The number of Topliss-reactive ketones (excluding diaryl/α,β-unsaturated/α-hetero) is 1. The zero-order chi connectivity index (χ0) is 22.0. The number of ether oxygens (including phenoxy) is 1. The van der Waals surface area contributed by atoms with Gasteiger partial charge in [-0.05, 0) is 47.7 Å². The van der Waals surface area contributed by atoms with Crippen LogP contribution in [0.15, 0.2) is 61.1 Å². The van der Waals surface area contributed by atoms with E-state index in [1.165, 1.54) is 6.33 Å². The van der Waals surface area contributed by atoms with Crippen molar-refractivity contribution in [1.29, 1.82) is 0 Å². The van der Waals surface area contributed by atoms with E-state index < -0.39 is 0 Å². The maximum atomic E-state index is 13.4. The third kappa shape index (κ3) is 4.36. The first-order chi connectivity index (χ1) is 14.9. The molecule has 0 amide bonds. The Kier molecular flexibility index (Phi) is 5.85. The Hall–Kier alpha value is -3.47. The van der Waals surface area contributed by atoms with Gasteiger partial charge in [0.25, 0.3) is 0 Å². The van der Waals surface area contributed by atoms with Crippen molar-refractivity contribution in [2.75, 3.05) is 0 Å². The van der Waals surface area contributed by atoms with Gasteiger partial charge in [-0.25, -0.2) is 9.97 Å². The Balaban J connectivity index is 1.68. The standard InChI is InChI=1S/C26H27N3O2/c1-17(2)21-13-22(25(12-18(21)3)31-15-19-8-6-5-7-9-19)24(30)14-23-20-10-11-29(4)26(20)28-16-27-23/h5-13,16-17H,14-15H2,1-4H3. The monoisotopic (exact) mass is 413 g/mol. The summed E-state index contributed by atoms with van der Waals surface area (Å²) in [5.74, 6) is 0.928. The molecule has 0 spiro atoms. The number of fused-ring (bicyclic) bond motifs is 1. The third-order valence-corrected chi connectivity index (χ3v) is 5.60. The highest BCUT2D eigenvalue weighted by Crippen LogP contribution is 2.30. The van der Waals surface area contributed by atoms with Gasteiger partial charge in [0.15, 0.2) is 5.78 Å². The molecule has 0 unspecified atom stereocenters. The summed E-state index contributed by atoms with van der Waals surface area (Å²) in [4.78, 5) is 22.2. The topological polar surface area (TPSA) is 57.0 Å². The number of nitrogens with zero attached hydrogens (tertiary/aromatic N) is 3. The Morgan fingerprint density at radius 3 is 2.61 bits per heavy atom. The summed E-state index contributed by atoms with van der Waals surface area (Å²) in [5, 5.41) is 0.904. The molecule has 0 aliphatic rings. The predicted octanol–water partition coefficient (Wildman–Crippen LogP) is 5.40. The van der Waals surface area contributed by atoms with Crippen molar-refractivity contribution in [2.24, 2.45) is 7.05 Å². The van der Waals surface area contributed by atoms with Gasteiger partial charge in [-0.3, -0.25) is 4.79 Å². The van der Waals surface area contributed by atoms with E-state index in [1.54, 1.807) is 0 Å². The van der Waals surface area contributed by atoms with E-state index in [4.69, 9.17) is 4.74 Å². The Labute approximate surface area is 182 Å². The van der Waals surface area contributed by atoms with Crippen LogP contribution in [-0.4, -0.2) is 20.3 Å². The maximum Gasteiger partial charge on any atom is 0.172 e. The number of rotatable bonds is 7. The van der Waals surface area contributed by atoms with Crippen LogP contribution in [0.5, 0.6) is 5.75 Å². The second-order valence-electron chi connectivity index (χ2n) is 8.22. The van der Waals surface area contributed by atoms with Gasteiger partial charge in [0.2, 0.25) is 0 Å². The molecule has 0 saturated heterocycles. The van der Waals surface area contributed by atoms with Crippen molar-refractivity contribution in [3.05, 3.63) is 89.0 Å². The lowest BCUT2D eigenvalue weighted by molar-refractivity contribution is 0.0987. The fraction of sp³-hybridized carbons (Fsp3) is 0.269. The van der Waals surface area contributed by atoms with Gasteiger partial charge in [0, 0.05) is 18.6 Å². The molecule has 4 aromatic rings. The summed E-state index contributed by atoms with van der Waals surface area (Å²) in [6.07, 6.45) is 3.66. The largest absolute Gasteiger partial charge is 0.488 e. The smallest absolute Gasteiger partial charge is 0.172 e. The maximum absolute atomic E-state index is 13.4. The molecule has 0 aliphatic heterocycles. The number of hydrogen-bond donors (Lipinski definition) is 0. The van der Waals surface area contributed by atoms with Crippen LogP contribution >= 0.6 is 0 Å². The van der Waals surface area contributed by atoms with Crippen LogP contribution in [0, 0.1) is 6.92 Å². The Morgan fingerprint density at radius 2 is 1.87 bits per heavy atom. The van der Waals surface area contributed by atoms with E-state index in [0.29, 0.717) is 23.8 Å². The molecule has 0 N–H and O–H groups in total. The van der Waals surface area contributed by atoms with Crippen LogP contribution in [0.3, 0.4) is 0 Å². The van der Waals surface area contributed by atoms with Crippen LogP contribution in [-0.2, 0) is 20.1 Å². The highest BCUT2D eigenvalue weighted by molar-refractivity contribution is 6.01. The number of aromatic nitrogens is 3. The van der Waals surface area contributed by atoms with Crippen molar-refractivity contribution in [3.8, 4) is 5.75 Å². The lowest BCUT2D eigenvalue weighted by Crippen LogP contribution is -2.11. The molecule has 0 radical (unpaired) electrons. The van der Waals surface area contributed by atoms with Crippen LogP contribution in [0.25, 0.3) is 11.0 Å². The summed E-state index contributed by atoms with van der Waals surface area (Å²) in [6, 6.07) is 15.9. The van der Waals surface area contributed by atoms with E-state index in [9.17, 15) is 4.79 Å². The summed E-state index contributed by atoms with van der Waals surface area (Å²) in [7, 11) is 1.94. The Morgan fingerprint density at radius 1 is 1.10 bits per heavy atom.